The average molecular weight is 403 g/mol. The van der Waals surface area contributed by atoms with Gasteiger partial charge >= 0.3 is 5.97 Å². The number of carbonyl (C=O) groups is 3. The zero-order chi connectivity index (χ0) is 21.4. The quantitative estimate of drug-likeness (QED) is 0.385. The molecule has 0 aromatic heterocycles. The monoisotopic (exact) mass is 403 g/mol. The summed E-state index contributed by atoms with van der Waals surface area (Å²) in [5, 5.41) is 11.0. The van der Waals surface area contributed by atoms with Crippen LogP contribution in [0.5, 0.6) is 0 Å². The number of hydrogen-bond donors (Lipinski definition) is 1. The van der Waals surface area contributed by atoms with E-state index in [1.54, 1.807) is 6.07 Å². The molecule has 0 aliphatic carbocycles. The highest BCUT2D eigenvalue weighted by atomic mass is 19.1. The topological polar surface area (TPSA) is 133 Å². The predicted octanol–water partition coefficient (Wildman–Crippen LogP) is 1.73. The van der Waals surface area contributed by atoms with Gasteiger partial charge in [0.05, 0.1) is 11.3 Å². The van der Waals surface area contributed by atoms with Gasteiger partial charge in [-0.15, -0.1) is 0 Å². The van der Waals surface area contributed by atoms with Gasteiger partial charge in [0.1, 0.15) is 5.82 Å². The van der Waals surface area contributed by atoms with Crippen molar-refractivity contribution in [2.24, 2.45) is 5.73 Å². The second kappa shape index (κ2) is 9.93. The highest BCUT2D eigenvalue weighted by Crippen LogP contribution is 2.19. The smallest absolute Gasteiger partial charge is 0.311 e. The SMILES string of the molecule is NC(=O)CCN(C(=O)COC(=O)Cc1ccccc1[N+](=O)[O-])c1ccc(F)cc1. The maximum absolute atomic E-state index is 13.1. The Labute approximate surface area is 165 Å². The number of esters is 1. The fraction of sp³-hybridized carbons (Fsp3) is 0.211. The number of primary amides is 1. The molecule has 152 valence electrons. The molecule has 10 heteroatoms. The third kappa shape index (κ3) is 6.38. The summed E-state index contributed by atoms with van der Waals surface area (Å²) in [4.78, 5) is 47.1. The molecule has 2 aromatic carbocycles. The Morgan fingerprint density at radius 3 is 2.38 bits per heavy atom. The second-order valence-electron chi connectivity index (χ2n) is 5.96. The molecular weight excluding hydrogens is 385 g/mol. The van der Waals surface area contributed by atoms with Crippen LogP contribution >= 0.6 is 0 Å². The molecule has 0 saturated heterocycles. The lowest BCUT2D eigenvalue weighted by Crippen LogP contribution is -2.37. The van der Waals surface area contributed by atoms with Crippen molar-refractivity contribution >= 4 is 29.2 Å². The first-order valence-corrected chi connectivity index (χ1v) is 8.50. The van der Waals surface area contributed by atoms with Crippen LogP contribution in [0.1, 0.15) is 12.0 Å². The number of nitro groups is 1. The lowest BCUT2D eigenvalue weighted by Gasteiger charge is -2.22. The molecule has 0 aliphatic heterocycles. The molecule has 2 N–H and O–H groups in total. The van der Waals surface area contributed by atoms with E-state index in [0.717, 1.165) is 17.0 Å². The van der Waals surface area contributed by atoms with E-state index in [1.165, 1.54) is 30.3 Å². The highest BCUT2D eigenvalue weighted by Gasteiger charge is 2.20. The van der Waals surface area contributed by atoms with Gasteiger partial charge in [-0.2, -0.15) is 0 Å². The standard InChI is InChI=1S/C19H18FN3O6/c20-14-5-7-15(8-6-14)22(10-9-17(21)24)18(25)12-29-19(26)11-13-3-1-2-4-16(13)23(27)28/h1-8H,9-12H2,(H2,21,24). The summed E-state index contributed by atoms with van der Waals surface area (Å²) >= 11 is 0. The Morgan fingerprint density at radius 2 is 1.76 bits per heavy atom. The molecule has 0 fully saturated rings. The lowest BCUT2D eigenvalue weighted by atomic mass is 10.1. The van der Waals surface area contributed by atoms with Crippen LogP contribution in [0.2, 0.25) is 0 Å². The summed E-state index contributed by atoms with van der Waals surface area (Å²) in [5.74, 6) is -2.64. The fourth-order valence-electron chi connectivity index (χ4n) is 2.51. The van der Waals surface area contributed by atoms with E-state index in [4.69, 9.17) is 10.5 Å². The summed E-state index contributed by atoms with van der Waals surface area (Å²) in [7, 11) is 0. The molecule has 0 bridgehead atoms. The van der Waals surface area contributed by atoms with Crippen molar-refractivity contribution in [1.29, 1.82) is 0 Å². The maximum Gasteiger partial charge on any atom is 0.311 e. The van der Waals surface area contributed by atoms with Crippen LogP contribution in [0.3, 0.4) is 0 Å². The lowest BCUT2D eigenvalue weighted by molar-refractivity contribution is -0.385. The van der Waals surface area contributed by atoms with E-state index in [0.29, 0.717) is 5.69 Å². The zero-order valence-corrected chi connectivity index (χ0v) is 15.2. The number of nitrogens with zero attached hydrogens (tertiary/aromatic N) is 2. The molecule has 2 aromatic rings. The van der Waals surface area contributed by atoms with Crippen molar-refractivity contribution in [1.82, 2.24) is 0 Å². The van der Waals surface area contributed by atoms with Crippen LogP contribution in [0.4, 0.5) is 15.8 Å². The van der Waals surface area contributed by atoms with Crippen LogP contribution in [-0.4, -0.2) is 35.9 Å². The molecule has 2 rings (SSSR count). The van der Waals surface area contributed by atoms with E-state index in [2.05, 4.69) is 0 Å². The number of rotatable bonds is 9. The second-order valence-corrected chi connectivity index (χ2v) is 5.96. The van der Waals surface area contributed by atoms with E-state index in [9.17, 15) is 28.9 Å². The highest BCUT2D eigenvalue weighted by molar-refractivity contribution is 5.95. The number of hydrogen-bond acceptors (Lipinski definition) is 6. The van der Waals surface area contributed by atoms with Crippen LogP contribution in [-0.2, 0) is 25.5 Å². The van der Waals surface area contributed by atoms with Crippen LogP contribution < -0.4 is 10.6 Å². The number of carbonyl (C=O) groups excluding carboxylic acids is 3. The molecule has 0 atom stereocenters. The Balaban J connectivity index is 2.03. The minimum absolute atomic E-state index is 0.0818. The average Bonchev–Trinajstić information content (AvgIpc) is 2.68. The predicted molar refractivity (Wildman–Crippen MR) is 100 cm³/mol. The molecule has 0 saturated carbocycles. The van der Waals surface area contributed by atoms with Gasteiger partial charge < -0.3 is 15.4 Å². The molecule has 0 radical (unpaired) electrons. The molecule has 2 amide bonds. The number of nitrogens with two attached hydrogens (primary N) is 1. The first-order valence-electron chi connectivity index (χ1n) is 8.50. The van der Waals surface area contributed by atoms with Crippen molar-refractivity contribution in [3.8, 4) is 0 Å². The molecule has 0 aliphatic rings. The first kappa shape index (κ1) is 21.5. The van der Waals surface area contributed by atoms with E-state index in [1.807, 2.05) is 0 Å². The molecular formula is C19H18FN3O6. The summed E-state index contributed by atoms with van der Waals surface area (Å²) in [6.07, 6.45) is -0.532. The minimum atomic E-state index is -0.832. The van der Waals surface area contributed by atoms with Gasteiger partial charge in [0.15, 0.2) is 6.61 Å². The van der Waals surface area contributed by atoms with E-state index >= 15 is 0 Å². The molecule has 9 nitrogen and oxygen atoms in total. The molecule has 29 heavy (non-hydrogen) atoms. The van der Waals surface area contributed by atoms with Crippen LogP contribution in [0.25, 0.3) is 0 Å². The molecule has 0 heterocycles. The van der Waals surface area contributed by atoms with Crippen molar-refractivity contribution in [3.05, 3.63) is 70.0 Å². The number of para-hydroxylation sites is 1. The fourth-order valence-corrected chi connectivity index (χ4v) is 2.51. The molecule has 0 spiro atoms. The Kier molecular flexibility index (Phi) is 7.35. The molecule has 0 unspecified atom stereocenters. The van der Waals surface area contributed by atoms with Crippen molar-refractivity contribution < 1.29 is 28.4 Å². The van der Waals surface area contributed by atoms with E-state index in [-0.39, 0.29) is 30.6 Å². The number of benzene rings is 2. The largest absolute Gasteiger partial charge is 0.455 e. The maximum atomic E-state index is 13.1. The normalized spacial score (nSPS) is 10.2. The van der Waals surface area contributed by atoms with Gasteiger partial charge in [-0.25, -0.2) is 4.39 Å². The number of halogens is 1. The number of nitro benzene ring substituents is 1. The third-order valence-electron chi connectivity index (χ3n) is 3.90. The van der Waals surface area contributed by atoms with Gasteiger partial charge in [-0.1, -0.05) is 18.2 Å². The summed E-state index contributed by atoms with van der Waals surface area (Å²) in [6.45, 7) is -0.739. The van der Waals surface area contributed by atoms with Crippen molar-refractivity contribution in [3.63, 3.8) is 0 Å². The van der Waals surface area contributed by atoms with Crippen LogP contribution in [0, 0.1) is 15.9 Å². The minimum Gasteiger partial charge on any atom is -0.455 e. The number of anilines is 1. The Bertz CT molecular complexity index is 916. The Hall–Kier alpha value is -3.82. The van der Waals surface area contributed by atoms with E-state index < -0.39 is 35.1 Å². The third-order valence-corrected chi connectivity index (χ3v) is 3.90. The van der Waals surface area contributed by atoms with Crippen LogP contribution in [0.15, 0.2) is 48.5 Å². The summed E-state index contributed by atoms with van der Waals surface area (Å²) in [5.41, 5.74) is 5.33. The van der Waals surface area contributed by atoms with Gasteiger partial charge in [0.25, 0.3) is 11.6 Å². The van der Waals surface area contributed by atoms with Gasteiger partial charge in [0, 0.05) is 30.3 Å². The van der Waals surface area contributed by atoms with Gasteiger partial charge in [-0.3, -0.25) is 24.5 Å². The van der Waals surface area contributed by atoms with Gasteiger partial charge in [-0.05, 0) is 24.3 Å². The van der Waals surface area contributed by atoms with Gasteiger partial charge in [0.2, 0.25) is 5.91 Å². The summed E-state index contributed by atoms with van der Waals surface area (Å²) < 4.78 is 18.1. The van der Waals surface area contributed by atoms with Crippen molar-refractivity contribution in [2.75, 3.05) is 18.1 Å². The summed E-state index contributed by atoms with van der Waals surface area (Å²) in [6, 6.07) is 10.6. The number of amides is 2. The first-order chi connectivity index (χ1) is 13.8. The Morgan fingerprint density at radius 1 is 1.10 bits per heavy atom. The van der Waals surface area contributed by atoms with Crippen molar-refractivity contribution in [2.45, 2.75) is 12.8 Å². The zero-order valence-electron chi connectivity index (χ0n) is 15.2. The number of ether oxygens (including phenoxy) is 1.